The van der Waals surface area contributed by atoms with E-state index in [4.69, 9.17) is 16.3 Å². The van der Waals surface area contributed by atoms with E-state index in [1.165, 1.54) is 5.56 Å². The molecule has 1 aromatic rings. The molecule has 0 aliphatic carbocycles. The molecular formula is C9H10ClNO. The molecule has 1 atom stereocenters. The molecule has 12 heavy (non-hydrogen) atoms. The van der Waals surface area contributed by atoms with Crippen molar-refractivity contribution in [1.82, 2.24) is 4.98 Å². The molecule has 0 bridgehead atoms. The molecular weight excluding hydrogens is 174 g/mol. The van der Waals surface area contributed by atoms with E-state index >= 15 is 0 Å². The van der Waals surface area contributed by atoms with Crippen LogP contribution in [0.3, 0.4) is 0 Å². The first-order valence-electron chi connectivity index (χ1n) is 4.03. The number of fused-ring (bicyclic) bond motifs is 1. The Morgan fingerprint density at radius 1 is 1.67 bits per heavy atom. The van der Waals surface area contributed by atoms with E-state index in [0.29, 0.717) is 0 Å². The molecule has 0 saturated heterocycles. The summed E-state index contributed by atoms with van der Waals surface area (Å²) >= 11 is 5.90. The molecule has 2 nitrogen and oxygen atoms in total. The van der Waals surface area contributed by atoms with E-state index in [1.807, 2.05) is 13.0 Å². The van der Waals surface area contributed by atoms with Crippen LogP contribution >= 0.6 is 11.6 Å². The van der Waals surface area contributed by atoms with E-state index < -0.39 is 0 Å². The quantitative estimate of drug-likeness (QED) is 0.624. The Morgan fingerprint density at radius 3 is 3.25 bits per heavy atom. The minimum Gasteiger partial charge on any atom is -0.491 e. The van der Waals surface area contributed by atoms with Crippen molar-refractivity contribution in [2.45, 2.75) is 18.7 Å². The van der Waals surface area contributed by atoms with Crippen LogP contribution in [-0.4, -0.2) is 11.6 Å². The third-order valence-corrected chi connectivity index (χ3v) is 2.23. The van der Waals surface area contributed by atoms with Gasteiger partial charge in [0.05, 0.1) is 23.9 Å². The van der Waals surface area contributed by atoms with Crippen molar-refractivity contribution in [3.05, 3.63) is 23.5 Å². The van der Waals surface area contributed by atoms with Crippen LogP contribution in [0.25, 0.3) is 0 Å². The number of aromatic nitrogens is 1. The zero-order valence-electron chi connectivity index (χ0n) is 6.88. The van der Waals surface area contributed by atoms with Crippen molar-refractivity contribution in [3.63, 3.8) is 0 Å². The van der Waals surface area contributed by atoms with Gasteiger partial charge in [-0.3, -0.25) is 4.98 Å². The fourth-order valence-electron chi connectivity index (χ4n) is 1.32. The summed E-state index contributed by atoms with van der Waals surface area (Å²) in [4.78, 5) is 4.19. The largest absolute Gasteiger partial charge is 0.491 e. The molecule has 1 aromatic heterocycles. The summed E-state index contributed by atoms with van der Waals surface area (Å²) < 4.78 is 5.33. The summed E-state index contributed by atoms with van der Waals surface area (Å²) in [6.45, 7) is 2.70. The Morgan fingerprint density at radius 2 is 2.50 bits per heavy atom. The Balaban J connectivity index is 2.39. The number of alkyl halides is 1. The summed E-state index contributed by atoms with van der Waals surface area (Å²) in [6, 6.07) is 2.03. The Bertz CT molecular complexity index is 299. The van der Waals surface area contributed by atoms with Crippen LogP contribution in [0.4, 0.5) is 0 Å². The van der Waals surface area contributed by atoms with E-state index in [2.05, 4.69) is 4.98 Å². The Kier molecular flexibility index (Phi) is 1.93. The number of halogens is 1. The molecule has 1 aliphatic heterocycles. The molecule has 3 heteroatoms. The van der Waals surface area contributed by atoms with Gasteiger partial charge in [-0.05, 0) is 13.0 Å². The number of nitrogens with zero attached hydrogens (tertiary/aromatic N) is 1. The molecule has 0 saturated carbocycles. The van der Waals surface area contributed by atoms with Gasteiger partial charge in [0.1, 0.15) is 5.75 Å². The van der Waals surface area contributed by atoms with Crippen LogP contribution in [0, 0.1) is 0 Å². The zero-order chi connectivity index (χ0) is 8.55. The van der Waals surface area contributed by atoms with Crippen molar-refractivity contribution >= 4 is 11.6 Å². The van der Waals surface area contributed by atoms with Gasteiger partial charge in [-0.2, -0.15) is 0 Å². The molecule has 1 aliphatic rings. The van der Waals surface area contributed by atoms with Crippen molar-refractivity contribution in [1.29, 1.82) is 0 Å². The maximum absolute atomic E-state index is 5.90. The lowest BCUT2D eigenvalue weighted by molar-refractivity contribution is 0.355. The third-order valence-electron chi connectivity index (χ3n) is 2.01. The number of rotatable bonds is 1. The highest BCUT2D eigenvalue weighted by Gasteiger charge is 2.14. The molecule has 2 rings (SSSR count). The lowest BCUT2D eigenvalue weighted by atomic mass is 10.1. The number of hydrogen-bond donors (Lipinski definition) is 0. The molecule has 0 fully saturated rings. The van der Waals surface area contributed by atoms with Crippen LogP contribution in [0.5, 0.6) is 5.75 Å². The first-order chi connectivity index (χ1) is 5.77. The average molecular weight is 184 g/mol. The monoisotopic (exact) mass is 183 g/mol. The molecule has 0 aromatic carbocycles. The summed E-state index contributed by atoms with van der Waals surface area (Å²) in [5.41, 5.74) is 2.16. The van der Waals surface area contributed by atoms with Gasteiger partial charge in [0.15, 0.2) is 0 Å². The maximum atomic E-state index is 5.90. The van der Waals surface area contributed by atoms with Crippen LogP contribution in [-0.2, 0) is 6.42 Å². The second-order valence-corrected chi connectivity index (χ2v) is 3.59. The van der Waals surface area contributed by atoms with Gasteiger partial charge in [0.2, 0.25) is 0 Å². The number of pyridine rings is 1. The highest BCUT2D eigenvalue weighted by molar-refractivity contribution is 6.20. The van der Waals surface area contributed by atoms with Crippen LogP contribution in [0.15, 0.2) is 12.3 Å². The van der Waals surface area contributed by atoms with E-state index in [0.717, 1.165) is 24.5 Å². The topological polar surface area (TPSA) is 22.1 Å². The minimum atomic E-state index is -0.0177. The first-order valence-corrected chi connectivity index (χ1v) is 4.46. The van der Waals surface area contributed by atoms with Gasteiger partial charge in [-0.15, -0.1) is 11.6 Å². The smallest absolute Gasteiger partial charge is 0.140 e. The number of hydrogen-bond acceptors (Lipinski definition) is 2. The fourth-order valence-corrected chi connectivity index (χ4v) is 1.44. The SMILES string of the molecule is CC(Cl)c1cc2c(cn1)OCC2. The predicted molar refractivity (Wildman–Crippen MR) is 47.7 cm³/mol. The van der Waals surface area contributed by atoms with Gasteiger partial charge < -0.3 is 4.74 Å². The van der Waals surface area contributed by atoms with Crippen molar-refractivity contribution in [2.24, 2.45) is 0 Å². The molecule has 2 heterocycles. The predicted octanol–water partition coefficient (Wildman–Crippen LogP) is 2.32. The van der Waals surface area contributed by atoms with Crippen LogP contribution in [0.2, 0.25) is 0 Å². The van der Waals surface area contributed by atoms with E-state index in [-0.39, 0.29) is 5.38 Å². The standard InChI is InChI=1S/C9H10ClNO/c1-6(10)8-4-7-2-3-12-9(7)5-11-8/h4-6H,2-3H2,1H3. The van der Waals surface area contributed by atoms with Crippen molar-refractivity contribution in [3.8, 4) is 5.75 Å². The highest BCUT2D eigenvalue weighted by atomic mass is 35.5. The van der Waals surface area contributed by atoms with Gasteiger partial charge in [-0.25, -0.2) is 0 Å². The Labute approximate surface area is 76.5 Å². The molecule has 0 amide bonds. The van der Waals surface area contributed by atoms with Crippen LogP contribution < -0.4 is 4.74 Å². The Hall–Kier alpha value is -0.760. The van der Waals surface area contributed by atoms with Gasteiger partial charge in [0.25, 0.3) is 0 Å². The maximum Gasteiger partial charge on any atom is 0.140 e. The van der Waals surface area contributed by atoms with Gasteiger partial charge >= 0.3 is 0 Å². The van der Waals surface area contributed by atoms with Gasteiger partial charge in [-0.1, -0.05) is 0 Å². The lowest BCUT2D eigenvalue weighted by Crippen LogP contribution is -1.90. The lowest BCUT2D eigenvalue weighted by Gasteiger charge is -2.03. The summed E-state index contributed by atoms with van der Waals surface area (Å²) in [5.74, 6) is 0.913. The molecule has 64 valence electrons. The normalized spacial score (nSPS) is 16.8. The summed E-state index contributed by atoms with van der Waals surface area (Å²) in [6.07, 6.45) is 2.74. The van der Waals surface area contributed by atoms with Crippen LogP contribution in [0.1, 0.15) is 23.6 Å². The van der Waals surface area contributed by atoms with E-state index in [9.17, 15) is 0 Å². The third kappa shape index (κ3) is 1.27. The summed E-state index contributed by atoms with van der Waals surface area (Å²) in [7, 11) is 0. The van der Waals surface area contributed by atoms with E-state index in [1.54, 1.807) is 6.20 Å². The zero-order valence-corrected chi connectivity index (χ0v) is 7.64. The minimum absolute atomic E-state index is 0.0177. The second kappa shape index (κ2) is 2.94. The molecule has 0 spiro atoms. The average Bonchev–Trinajstić information content (AvgIpc) is 2.49. The molecule has 1 unspecified atom stereocenters. The first kappa shape index (κ1) is 7.87. The number of ether oxygens (including phenoxy) is 1. The van der Waals surface area contributed by atoms with Crippen molar-refractivity contribution in [2.75, 3.05) is 6.61 Å². The fraction of sp³-hybridized carbons (Fsp3) is 0.444. The molecule has 0 radical (unpaired) electrons. The van der Waals surface area contributed by atoms with Crippen molar-refractivity contribution < 1.29 is 4.74 Å². The van der Waals surface area contributed by atoms with Gasteiger partial charge in [0, 0.05) is 12.0 Å². The molecule has 0 N–H and O–H groups in total. The summed E-state index contributed by atoms with van der Waals surface area (Å²) in [5, 5.41) is -0.0177. The second-order valence-electron chi connectivity index (χ2n) is 2.93. The highest BCUT2D eigenvalue weighted by Crippen LogP contribution is 2.27.